The molecule has 0 saturated heterocycles. The van der Waals surface area contributed by atoms with Crippen LogP contribution >= 0.6 is 0 Å². The maximum atomic E-state index is 13.0. The molecule has 228 valence electrons. The number of hydrogen-bond donors (Lipinski definition) is 3. The van der Waals surface area contributed by atoms with Gasteiger partial charge in [-0.05, 0) is 73.2 Å². The summed E-state index contributed by atoms with van der Waals surface area (Å²) in [6, 6.07) is 24.2. The lowest BCUT2D eigenvalue weighted by atomic mass is 9.60. The van der Waals surface area contributed by atoms with E-state index in [4.69, 9.17) is 0 Å². The Kier molecular flexibility index (Phi) is 9.43. The minimum absolute atomic E-state index is 0.0427. The molecule has 0 radical (unpaired) electrons. The summed E-state index contributed by atoms with van der Waals surface area (Å²) in [5.41, 5.74) is 2.12. The van der Waals surface area contributed by atoms with E-state index in [1.165, 1.54) is 36.9 Å². The van der Waals surface area contributed by atoms with Gasteiger partial charge >= 0.3 is 13.1 Å². The first-order chi connectivity index (χ1) is 21.6. The summed E-state index contributed by atoms with van der Waals surface area (Å²) in [4.78, 5) is 36.9. The second-order valence-corrected chi connectivity index (χ2v) is 10.7. The Morgan fingerprint density at radius 2 is 1.47 bits per heavy atom. The van der Waals surface area contributed by atoms with E-state index in [0.29, 0.717) is 31.0 Å². The Morgan fingerprint density at radius 1 is 0.844 bits per heavy atom. The SMILES string of the molecule is CC(=O)N(c1ccc(-n2cc(CN(Cc3ccccn3)Cc3ccccn3)nn2)cc1)[C@@](C)(B(O)O)c1cccc(C(=O)O)c1. The van der Waals surface area contributed by atoms with Gasteiger partial charge in [-0.1, -0.05) is 29.5 Å². The third-order valence-electron chi connectivity index (χ3n) is 7.50. The van der Waals surface area contributed by atoms with Crippen molar-refractivity contribution >= 4 is 24.7 Å². The number of carbonyl (C=O) groups is 2. The van der Waals surface area contributed by atoms with Gasteiger partial charge in [0.25, 0.3) is 0 Å². The molecule has 0 aliphatic carbocycles. The van der Waals surface area contributed by atoms with Crippen molar-refractivity contribution in [3.63, 3.8) is 0 Å². The van der Waals surface area contributed by atoms with Crippen LogP contribution in [-0.2, 0) is 29.9 Å². The van der Waals surface area contributed by atoms with Crippen molar-refractivity contribution in [3.05, 3.63) is 132 Å². The van der Waals surface area contributed by atoms with Gasteiger partial charge in [0, 0.05) is 44.6 Å². The lowest BCUT2D eigenvalue weighted by Crippen LogP contribution is -2.57. The first-order valence-corrected chi connectivity index (χ1v) is 14.2. The van der Waals surface area contributed by atoms with Crippen LogP contribution in [0.25, 0.3) is 5.69 Å². The number of rotatable bonds is 12. The van der Waals surface area contributed by atoms with Crippen molar-refractivity contribution < 1.29 is 24.7 Å². The number of aromatic carboxylic acids is 1. The molecule has 3 aromatic heterocycles. The van der Waals surface area contributed by atoms with E-state index >= 15 is 0 Å². The Balaban J connectivity index is 1.39. The Labute approximate surface area is 260 Å². The lowest BCUT2D eigenvalue weighted by Gasteiger charge is -2.41. The largest absolute Gasteiger partial charge is 0.484 e. The van der Waals surface area contributed by atoms with E-state index in [9.17, 15) is 24.7 Å². The molecule has 1 atom stereocenters. The van der Waals surface area contributed by atoms with Crippen LogP contribution in [0.5, 0.6) is 0 Å². The van der Waals surface area contributed by atoms with Gasteiger partial charge in [-0.25, -0.2) is 9.48 Å². The molecular weight excluding hydrogens is 573 g/mol. The number of carbonyl (C=O) groups excluding carboxylic acids is 1. The average Bonchev–Trinajstić information content (AvgIpc) is 3.50. The minimum atomic E-state index is -2.02. The standard InChI is InChI=1S/C32H32BN7O5/c1-23(41)40(32(2,33(44)45)25-9-7-8-24(18-25)31(42)43)30-14-12-29(13-15-30)39-22-28(36-37-39)21-38(19-26-10-3-5-16-34-26)20-27-11-4-6-17-35-27/h3-18,22,44-45H,19-21H2,1-2H3,(H,42,43)/t32-/m1/s1. The van der Waals surface area contributed by atoms with Crippen LogP contribution < -0.4 is 4.90 Å². The molecule has 13 heteroatoms. The maximum absolute atomic E-state index is 13.0. The summed E-state index contributed by atoms with van der Waals surface area (Å²) >= 11 is 0. The zero-order chi connectivity index (χ0) is 32.0. The molecule has 0 aliphatic rings. The zero-order valence-corrected chi connectivity index (χ0v) is 24.8. The number of anilines is 1. The lowest BCUT2D eigenvalue weighted by molar-refractivity contribution is -0.117. The molecule has 5 aromatic rings. The van der Waals surface area contributed by atoms with Gasteiger partial charge in [0.05, 0.1) is 34.5 Å². The first-order valence-electron chi connectivity index (χ1n) is 14.2. The van der Waals surface area contributed by atoms with Gasteiger partial charge in [0.1, 0.15) is 5.44 Å². The van der Waals surface area contributed by atoms with Crippen molar-refractivity contribution in [1.29, 1.82) is 0 Å². The number of benzene rings is 2. The highest BCUT2D eigenvalue weighted by molar-refractivity contribution is 6.47. The third-order valence-corrected chi connectivity index (χ3v) is 7.50. The minimum Gasteiger partial charge on any atom is -0.478 e. The zero-order valence-electron chi connectivity index (χ0n) is 24.8. The van der Waals surface area contributed by atoms with Gasteiger partial charge in [-0.2, -0.15) is 0 Å². The molecular formula is C32H32BN7O5. The molecule has 0 bridgehead atoms. The van der Waals surface area contributed by atoms with Crippen molar-refractivity contribution in [1.82, 2.24) is 29.9 Å². The number of carboxylic acid groups (broad SMARTS) is 1. The summed E-state index contributed by atoms with van der Waals surface area (Å²) in [5, 5.41) is 39.2. The second-order valence-electron chi connectivity index (χ2n) is 10.7. The highest BCUT2D eigenvalue weighted by Gasteiger charge is 2.47. The quantitative estimate of drug-likeness (QED) is 0.180. The van der Waals surface area contributed by atoms with Crippen LogP contribution in [0.2, 0.25) is 0 Å². The maximum Gasteiger partial charge on any atom is 0.484 e. The fourth-order valence-electron chi connectivity index (χ4n) is 5.23. The topological polar surface area (TPSA) is 158 Å². The van der Waals surface area contributed by atoms with Gasteiger partial charge < -0.3 is 20.1 Å². The van der Waals surface area contributed by atoms with Crippen LogP contribution in [0.15, 0.2) is 104 Å². The van der Waals surface area contributed by atoms with Gasteiger partial charge in [-0.15, -0.1) is 5.10 Å². The second kappa shape index (κ2) is 13.6. The monoisotopic (exact) mass is 605 g/mol. The molecule has 0 saturated carbocycles. The molecule has 0 spiro atoms. The van der Waals surface area contributed by atoms with Crippen LogP contribution in [0.1, 0.15) is 46.9 Å². The molecule has 45 heavy (non-hydrogen) atoms. The van der Waals surface area contributed by atoms with E-state index in [1.807, 2.05) is 42.6 Å². The number of carboxylic acids is 1. The summed E-state index contributed by atoms with van der Waals surface area (Å²) < 4.78 is 1.62. The number of nitrogens with zero attached hydrogens (tertiary/aromatic N) is 7. The third kappa shape index (κ3) is 7.12. The average molecular weight is 605 g/mol. The van der Waals surface area contributed by atoms with Gasteiger partial charge in [-0.3, -0.25) is 19.7 Å². The Morgan fingerprint density at radius 3 is 2.00 bits per heavy atom. The van der Waals surface area contributed by atoms with Crippen molar-refractivity contribution in [2.75, 3.05) is 4.90 Å². The molecule has 5 rings (SSSR count). The van der Waals surface area contributed by atoms with E-state index in [1.54, 1.807) is 47.4 Å². The summed E-state index contributed by atoms with van der Waals surface area (Å²) in [6.45, 7) is 4.45. The molecule has 0 unspecified atom stereocenters. The van der Waals surface area contributed by atoms with E-state index in [2.05, 4.69) is 25.2 Å². The highest BCUT2D eigenvalue weighted by Crippen LogP contribution is 2.35. The molecule has 0 aliphatic heterocycles. The van der Waals surface area contributed by atoms with Crippen LogP contribution in [0.3, 0.4) is 0 Å². The fourth-order valence-corrected chi connectivity index (χ4v) is 5.23. The van der Waals surface area contributed by atoms with Crippen LogP contribution in [-0.4, -0.2) is 64.0 Å². The molecule has 3 N–H and O–H groups in total. The molecule has 0 fully saturated rings. The van der Waals surface area contributed by atoms with Crippen LogP contribution in [0, 0.1) is 0 Å². The molecule has 3 heterocycles. The number of amides is 1. The van der Waals surface area contributed by atoms with E-state index < -0.39 is 24.4 Å². The fraction of sp³-hybridized carbons (Fsp3) is 0.188. The molecule has 1 amide bonds. The van der Waals surface area contributed by atoms with Crippen molar-refractivity contribution in [3.8, 4) is 5.69 Å². The van der Waals surface area contributed by atoms with E-state index in [0.717, 1.165) is 17.1 Å². The first kappa shape index (κ1) is 31.2. The predicted molar refractivity (Wildman–Crippen MR) is 167 cm³/mol. The smallest absolute Gasteiger partial charge is 0.478 e. The van der Waals surface area contributed by atoms with Gasteiger partial charge in [0.2, 0.25) is 5.91 Å². The molecule has 12 nitrogen and oxygen atoms in total. The van der Waals surface area contributed by atoms with E-state index in [-0.39, 0.29) is 11.1 Å². The molecule has 2 aromatic carbocycles. The van der Waals surface area contributed by atoms with Gasteiger partial charge in [0.15, 0.2) is 0 Å². The van der Waals surface area contributed by atoms with Crippen molar-refractivity contribution in [2.45, 2.75) is 38.9 Å². The Bertz CT molecular complexity index is 1710. The predicted octanol–water partition coefficient (Wildman–Crippen LogP) is 3.24. The van der Waals surface area contributed by atoms with Crippen LogP contribution in [0.4, 0.5) is 5.69 Å². The van der Waals surface area contributed by atoms with Crippen molar-refractivity contribution in [2.24, 2.45) is 0 Å². The number of pyridine rings is 2. The highest BCUT2D eigenvalue weighted by atomic mass is 16.4. The number of aromatic nitrogens is 5. The summed E-state index contributed by atoms with van der Waals surface area (Å²) in [5.74, 6) is -1.64. The normalized spacial score (nSPS) is 12.5. The number of hydrogen-bond acceptors (Lipinski definition) is 9. The Hall–Kier alpha value is -5.24. The summed E-state index contributed by atoms with van der Waals surface area (Å²) in [7, 11) is -2.02. The summed E-state index contributed by atoms with van der Waals surface area (Å²) in [6.07, 6.45) is 5.34.